The lowest BCUT2D eigenvalue weighted by atomic mass is 9.85. The molecule has 0 aliphatic carbocycles. The van der Waals surface area contributed by atoms with Crippen LogP contribution in [-0.4, -0.2) is 87.8 Å². The van der Waals surface area contributed by atoms with E-state index in [-0.39, 0.29) is 90.6 Å². The summed E-state index contributed by atoms with van der Waals surface area (Å²) < 4.78 is 23.2. The van der Waals surface area contributed by atoms with Crippen molar-refractivity contribution >= 4 is 20.5 Å². The zero-order chi connectivity index (χ0) is 57.8. The molecule has 2 aliphatic rings. The maximum atomic E-state index is 9.74. The van der Waals surface area contributed by atoms with Gasteiger partial charge in [-0.25, -0.2) is 0 Å². The quantitative estimate of drug-likeness (QED) is 0.0475. The van der Waals surface area contributed by atoms with Crippen molar-refractivity contribution in [3.05, 3.63) is 74.9 Å². The van der Waals surface area contributed by atoms with Crippen LogP contribution in [0.1, 0.15) is 198 Å². The molecule has 11 heteroatoms. The Hall–Kier alpha value is -2.08. The van der Waals surface area contributed by atoms with Crippen LogP contribution in [0.3, 0.4) is 0 Å². The number of aldehydes is 1. The van der Waals surface area contributed by atoms with Crippen LogP contribution in [0.2, 0.25) is 12.6 Å². The molecule has 0 spiro atoms. The Kier molecular flexibility index (Phi) is 46.1. The van der Waals surface area contributed by atoms with Crippen molar-refractivity contribution in [3.8, 4) is 0 Å². The topological polar surface area (TPSA) is 135 Å². The van der Waals surface area contributed by atoms with Gasteiger partial charge in [0.15, 0.2) is 0 Å². The normalized spacial score (nSPS) is 21.3. The van der Waals surface area contributed by atoms with Crippen LogP contribution in [0.15, 0.2) is 74.9 Å². The number of hydrogen-bond donors (Lipinski definition) is 4. The molecule has 0 aromatic heterocycles. The average molecular weight is 1020 g/mol. The largest absolute Gasteiger partial charge is 0.461 e. The third kappa shape index (κ3) is 33.1. The summed E-state index contributed by atoms with van der Waals surface area (Å²) in [6.45, 7) is 63.6. The van der Waals surface area contributed by atoms with Crippen molar-refractivity contribution < 1.29 is 43.8 Å². The number of rotatable bonds is 22. The molecule has 0 radical (unpaired) electrons. The SMILES string of the molecule is C/C=C/CB1OC(C)(C)C(C)(C)O1.C/C=C\CB1OC(C)(C)C(C)(C)O1.C=C[C@@H](C)[C@@H](O)[C@H](C)CC.C=C[C@@H](C)[C@H](O)[C@H](C)CC.C=C[C@H](C)[C@@H](O)[C@H](C)CC.C=C[C@H](C)[C@H](O)[C@H](C)CC.CC[C@@H](C)C=O. The first-order valence-electron chi connectivity index (χ1n) is 27.7. The van der Waals surface area contributed by atoms with Crippen molar-refractivity contribution in [3.63, 3.8) is 0 Å². The van der Waals surface area contributed by atoms with Gasteiger partial charge in [-0.2, -0.15) is 0 Å². The van der Waals surface area contributed by atoms with Gasteiger partial charge in [0.2, 0.25) is 0 Å². The van der Waals surface area contributed by atoms with Crippen LogP contribution in [0.25, 0.3) is 0 Å². The van der Waals surface area contributed by atoms with E-state index in [2.05, 4.69) is 149 Å². The van der Waals surface area contributed by atoms with Gasteiger partial charge in [-0.05, 0) is 123 Å². The second-order valence-electron chi connectivity index (χ2n) is 22.4. The van der Waals surface area contributed by atoms with E-state index in [1.54, 1.807) is 24.3 Å². The molecular formula is C61H120B2O9. The molecule has 0 aromatic carbocycles. The van der Waals surface area contributed by atoms with Crippen LogP contribution in [0, 0.1) is 53.3 Å². The van der Waals surface area contributed by atoms with E-state index in [0.717, 1.165) is 51.0 Å². The van der Waals surface area contributed by atoms with Gasteiger partial charge in [0.25, 0.3) is 0 Å². The van der Waals surface area contributed by atoms with Gasteiger partial charge in [0, 0.05) is 18.6 Å². The Morgan fingerprint density at radius 2 is 0.611 bits per heavy atom. The molecule has 0 aromatic rings. The maximum Gasteiger partial charge on any atom is 0.461 e. The minimum absolute atomic E-state index is 0.0822. The Morgan fingerprint density at radius 1 is 0.417 bits per heavy atom. The summed E-state index contributed by atoms with van der Waals surface area (Å²) in [5, 5.41) is 38.1. The van der Waals surface area contributed by atoms with Crippen molar-refractivity contribution in [2.45, 2.75) is 258 Å². The molecule has 4 N–H and O–H groups in total. The van der Waals surface area contributed by atoms with Crippen LogP contribution >= 0.6 is 0 Å². The first-order chi connectivity index (χ1) is 33.1. The van der Waals surface area contributed by atoms with Crippen LogP contribution in [0.5, 0.6) is 0 Å². The minimum Gasteiger partial charge on any atom is -0.403 e. The van der Waals surface area contributed by atoms with Crippen molar-refractivity contribution in [1.29, 1.82) is 0 Å². The lowest BCUT2D eigenvalue weighted by Gasteiger charge is -2.32. The summed E-state index contributed by atoms with van der Waals surface area (Å²) in [4.78, 5) is 9.74. The highest BCUT2D eigenvalue weighted by Crippen LogP contribution is 2.38. The van der Waals surface area contributed by atoms with Crippen molar-refractivity contribution in [2.24, 2.45) is 53.3 Å². The lowest BCUT2D eigenvalue weighted by Crippen LogP contribution is -2.41. The minimum atomic E-state index is -0.220. The predicted molar refractivity (Wildman–Crippen MR) is 316 cm³/mol. The van der Waals surface area contributed by atoms with E-state index in [4.69, 9.17) is 18.6 Å². The van der Waals surface area contributed by atoms with Gasteiger partial charge < -0.3 is 43.8 Å². The van der Waals surface area contributed by atoms with Gasteiger partial charge >= 0.3 is 14.2 Å². The summed E-state index contributed by atoms with van der Waals surface area (Å²) in [5.74, 6) is 2.65. The monoisotopic (exact) mass is 1020 g/mol. The van der Waals surface area contributed by atoms with Gasteiger partial charge in [0.05, 0.1) is 46.8 Å². The molecule has 0 unspecified atom stereocenters. The van der Waals surface area contributed by atoms with E-state index in [9.17, 15) is 25.2 Å². The zero-order valence-electron chi connectivity index (χ0n) is 51.5. The molecule has 13 atom stereocenters. The van der Waals surface area contributed by atoms with Gasteiger partial charge in [-0.15, -0.1) is 26.3 Å². The fourth-order valence-electron chi connectivity index (χ4n) is 6.31. The second-order valence-corrected chi connectivity index (χ2v) is 22.4. The van der Waals surface area contributed by atoms with Crippen LogP contribution in [-0.2, 0) is 23.4 Å². The van der Waals surface area contributed by atoms with E-state index in [1.165, 1.54) is 0 Å². The number of carbonyl (C=O) groups excluding carboxylic acids is 1. The third-order valence-electron chi connectivity index (χ3n) is 15.2. The molecule has 0 bridgehead atoms. The fraction of sp³-hybridized carbons (Fsp3) is 0.787. The zero-order valence-corrected chi connectivity index (χ0v) is 51.5. The maximum absolute atomic E-state index is 9.74. The molecule has 424 valence electrons. The highest BCUT2D eigenvalue weighted by molar-refractivity contribution is 6.46. The highest BCUT2D eigenvalue weighted by Gasteiger charge is 2.51. The molecule has 2 heterocycles. The molecule has 2 fully saturated rings. The Labute approximate surface area is 448 Å². The van der Waals surface area contributed by atoms with E-state index < -0.39 is 0 Å². The lowest BCUT2D eigenvalue weighted by molar-refractivity contribution is -0.110. The molecule has 2 aliphatic heterocycles. The number of aliphatic hydroxyl groups excluding tert-OH is 4. The van der Waals surface area contributed by atoms with Crippen LogP contribution < -0.4 is 0 Å². The second kappa shape index (κ2) is 42.1. The average Bonchev–Trinajstić information content (AvgIpc) is 3.72. The molecule has 2 rings (SSSR count). The van der Waals surface area contributed by atoms with Gasteiger partial charge in [0.1, 0.15) is 6.29 Å². The van der Waals surface area contributed by atoms with Crippen molar-refractivity contribution in [1.82, 2.24) is 0 Å². The summed E-state index contributed by atoms with van der Waals surface area (Å²) in [6, 6.07) is 0. The highest BCUT2D eigenvalue weighted by atomic mass is 16.7. The number of allylic oxidation sites excluding steroid dienone is 4. The Morgan fingerprint density at radius 3 is 0.722 bits per heavy atom. The van der Waals surface area contributed by atoms with Gasteiger partial charge in [-0.3, -0.25) is 0 Å². The summed E-state index contributed by atoms with van der Waals surface area (Å²) in [6.07, 6.45) is 22.2. The molecule has 72 heavy (non-hydrogen) atoms. The number of hydrogen-bond acceptors (Lipinski definition) is 9. The smallest absolute Gasteiger partial charge is 0.403 e. The molecular weight excluding hydrogens is 898 g/mol. The molecule has 9 nitrogen and oxygen atoms in total. The summed E-state index contributed by atoms with van der Waals surface area (Å²) in [5.41, 5.74) is -0.781. The van der Waals surface area contributed by atoms with Gasteiger partial charge in [-0.1, -0.05) is 171 Å². The Bertz CT molecular complexity index is 1250. The molecule has 0 amide bonds. The number of aliphatic hydroxyl groups is 4. The molecule has 2 saturated heterocycles. The number of carbonyl (C=O) groups is 1. The predicted octanol–water partition coefficient (Wildman–Crippen LogP) is 15.4. The van der Waals surface area contributed by atoms with E-state index in [1.807, 2.05) is 67.5 Å². The Balaban J connectivity index is -0.000000245. The first-order valence-corrected chi connectivity index (χ1v) is 27.7. The standard InChI is InChI=1S/2C10H19BO2.4C9H18O.C5H10O/c2*1-6-7-8-11-12-9(2,3)10(4,5)13-11;4*1-5-7(3)9(10)8(4)6-2;1-3-5(2)4-6/h2*6-7H,8H2,1-5H3;4*5,7-10H,1,6H2,2-4H3;4-5H,3H2,1-2H3/b7-6+;7-6-;;;;;/t;;7-,8+,9+;7-,8+,9-;7-,8-,9+;7-,8-,9-;5-/m..00111/s1. The summed E-state index contributed by atoms with van der Waals surface area (Å²) in [7, 11) is -0.164. The van der Waals surface area contributed by atoms with Crippen LogP contribution in [0.4, 0.5) is 0 Å². The first kappa shape index (κ1) is 78.8. The van der Waals surface area contributed by atoms with E-state index in [0.29, 0.717) is 23.7 Å². The van der Waals surface area contributed by atoms with Crippen molar-refractivity contribution in [2.75, 3.05) is 0 Å². The third-order valence-corrected chi connectivity index (χ3v) is 15.2. The summed E-state index contributed by atoms with van der Waals surface area (Å²) >= 11 is 0. The van der Waals surface area contributed by atoms with E-state index >= 15 is 0 Å². The molecule has 0 saturated carbocycles. The fourth-order valence-corrected chi connectivity index (χ4v) is 6.31.